The van der Waals surface area contributed by atoms with Crippen LogP contribution in [0.15, 0.2) is 4.99 Å². The molecule has 0 saturated heterocycles. The van der Waals surface area contributed by atoms with Crippen LogP contribution < -0.4 is 0 Å². The van der Waals surface area contributed by atoms with Crippen molar-refractivity contribution in [3.63, 3.8) is 0 Å². The molecule has 0 bridgehead atoms. The first-order valence-corrected chi connectivity index (χ1v) is 3.26. The normalized spacial score (nSPS) is 10.1. The summed E-state index contributed by atoms with van der Waals surface area (Å²) < 4.78 is -2.36. The van der Waals surface area contributed by atoms with Crippen LogP contribution in [-0.4, -0.2) is 21.6 Å². The number of isocyanates is 1. The third-order valence-corrected chi connectivity index (χ3v) is 1.11. The molecule has 0 aromatic rings. The molecule has 0 saturated carbocycles. The molecule has 7 heteroatoms. The van der Waals surface area contributed by atoms with Crippen molar-refractivity contribution in [3.8, 4) is 0 Å². The van der Waals surface area contributed by atoms with Crippen LogP contribution in [0.25, 0.3) is 0 Å². The number of carbonyl (C=O) groups is 2. The number of halogens is 3. The number of Topliss-reactive ketones (excluding diaryl/α,β-unsaturated/α-hetero) is 1. The fraction of sp³-hybridized carbons (Fsp3) is 0.250. The third-order valence-electron chi connectivity index (χ3n) is 0.599. The van der Waals surface area contributed by atoms with Gasteiger partial charge in [-0.3, -0.25) is 9.59 Å². The molecule has 11 heavy (non-hydrogen) atoms. The van der Waals surface area contributed by atoms with E-state index >= 15 is 0 Å². The molecule has 0 atom stereocenters. The Morgan fingerprint density at radius 1 is 1.27 bits per heavy atom. The van der Waals surface area contributed by atoms with Crippen molar-refractivity contribution in [1.29, 1.82) is 0 Å². The van der Waals surface area contributed by atoms with E-state index in [-0.39, 0.29) is 0 Å². The first-order chi connectivity index (χ1) is 4.89. The van der Waals surface area contributed by atoms with E-state index in [0.717, 1.165) is 6.08 Å². The van der Waals surface area contributed by atoms with Crippen LogP contribution in [-0.2, 0) is 14.4 Å². The lowest BCUT2D eigenvalue weighted by atomic mass is 10.4. The lowest BCUT2D eigenvalue weighted by Gasteiger charge is -2.03. The molecule has 0 aliphatic carbocycles. The van der Waals surface area contributed by atoms with Crippen molar-refractivity contribution in [2.24, 2.45) is 4.99 Å². The van der Waals surface area contributed by atoms with Gasteiger partial charge in [-0.15, -0.1) is 4.99 Å². The molecule has 0 heterocycles. The van der Waals surface area contributed by atoms with Gasteiger partial charge < -0.3 is 0 Å². The average molecular weight is 216 g/mol. The van der Waals surface area contributed by atoms with Crippen LogP contribution in [0.5, 0.6) is 0 Å². The van der Waals surface area contributed by atoms with E-state index in [1.165, 1.54) is 0 Å². The monoisotopic (exact) mass is 215 g/mol. The lowest BCUT2D eigenvalue weighted by Crippen LogP contribution is -2.26. The smallest absolute Gasteiger partial charge is 0.284 e. The molecule has 0 rings (SSSR count). The highest BCUT2D eigenvalue weighted by Gasteiger charge is 2.36. The summed E-state index contributed by atoms with van der Waals surface area (Å²) >= 11 is 15.0. The third kappa shape index (κ3) is 3.49. The molecule has 1 amide bonds. The van der Waals surface area contributed by atoms with Gasteiger partial charge in [-0.2, -0.15) is 0 Å². The zero-order chi connectivity index (χ0) is 9.07. The predicted molar refractivity (Wildman–Crippen MR) is 38.4 cm³/mol. The number of hydrogen-bond donors (Lipinski definition) is 0. The Labute approximate surface area is 76.1 Å². The molecule has 0 aromatic heterocycles. The molecule has 0 aromatic carbocycles. The Morgan fingerprint density at radius 2 is 1.73 bits per heavy atom. The second-order valence-corrected chi connectivity index (χ2v) is 3.62. The van der Waals surface area contributed by atoms with Crippen molar-refractivity contribution in [2.45, 2.75) is 3.79 Å². The first kappa shape index (κ1) is 10.6. The number of carbonyl (C=O) groups excluding carboxylic acids is 3. The van der Waals surface area contributed by atoms with Crippen LogP contribution in [0.4, 0.5) is 0 Å². The lowest BCUT2D eigenvalue weighted by molar-refractivity contribution is -0.135. The highest BCUT2D eigenvalue weighted by atomic mass is 35.6. The highest BCUT2D eigenvalue weighted by Crippen LogP contribution is 2.27. The molecule has 60 valence electrons. The van der Waals surface area contributed by atoms with E-state index < -0.39 is 15.5 Å². The van der Waals surface area contributed by atoms with Crippen LogP contribution in [0.1, 0.15) is 0 Å². The molecule has 0 spiro atoms. The summed E-state index contributed by atoms with van der Waals surface area (Å²) in [5.74, 6) is -2.81. The summed E-state index contributed by atoms with van der Waals surface area (Å²) in [4.78, 5) is 32.8. The van der Waals surface area contributed by atoms with E-state index in [4.69, 9.17) is 34.8 Å². The van der Waals surface area contributed by atoms with Gasteiger partial charge in [0.25, 0.3) is 9.58 Å². The van der Waals surface area contributed by atoms with Crippen LogP contribution in [0.3, 0.4) is 0 Å². The predicted octanol–water partition coefficient (Wildman–Crippen LogP) is 0.788. The van der Waals surface area contributed by atoms with Crippen molar-refractivity contribution in [3.05, 3.63) is 0 Å². The Bertz CT molecular complexity index is 237. The molecular weight excluding hydrogens is 216 g/mol. The van der Waals surface area contributed by atoms with E-state index in [1.54, 1.807) is 0 Å². The molecule has 0 aliphatic heterocycles. The van der Waals surface area contributed by atoms with Crippen molar-refractivity contribution in [2.75, 3.05) is 0 Å². The Kier molecular flexibility index (Phi) is 3.69. The van der Waals surface area contributed by atoms with Crippen LogP contribution >= 0.6 is 34.8 Å². The largest absolute Gasteiger partial charge is 0.328 e. The second kappa shape index (κ2) is 3.83. The topological polar surface area (TPSA) is 63.6 Å². The summed E-state index contributed by atoms with van der Waals surface area (Å²) in [6.07, 6.45) is 0.849. The fourth-order valence-corrected chi connectivity index (χ4v) is 0.456. The van der Waals surface area contributed by atoms with Crippen LogP contribution in [0.2, 0.25) is 0 Å². The number of hydrogen-bond acceptors (Lipinski definition) is 3. The van der Waals surface area contributed by atoms with Crippen molar-refractivity contribution < 1.29 is 14.4 Å². The molecule has 0 unspecified atom stereocenters. The number of nitrogens with zero attached hydrogens (tertiary/aromatic N) is 1. The molecule has 4 nitrogen and oxygen atoms in total. The number of amides is 1. The fourth-order valence-electron chi connectivity index (χ4n) is 0.213. The maximum Gasteiger partial charge on any atom is 0.328 e. The average Bonchev–Trinajstić information content (AvgIpc) is 1.85. The molecule has 0 radical (unpaired) electrons. The van der Waals surface area contributed by atoms with E-state index in [9.17, 15) is 14.4 Å². The van der Waals surface area contributed by atoms with E-state index in [2.05, 4.69) is 4.99 Å². The number of rotatable bonds is 1. The summed E-state index contributed by atoms with van der Waals surface area (Å²) in [5.41, 5.74) is 0. The number of aliphatic imine (C=N–C) groups is 1. The van der Waals surface area contributed by atoms with Gasteiger partial charge in [-0.05, 0) is 0 Å². The summed E-state index contributed by atoms with van der Waals surface area (Å²) in [7, 11) is 0. The summed E-state index contributed by atoms with van der Waals surface area (Å²) in [6, 6.07) is 0. The standard InChI is InChI=1S/C4Cl3NO3/c5-4(6,7)2(10)3(11)8-1-9. The van der Waals surface area contributed by atoms with Crippen molar-refractivity contribution in [1.82, 2.24) is 0 Å². The van der Waals surface area contributed by atoms with Gasteiger partial charge in [-0.25, -0.2) is 4.79 Å². The highest BCUT2D eigenvalue weighted by molar-refractivity contribution is 6.81. The van der Waals surface area contributed by atoms with E-state index in [0.29, 0.717) is 0 Å². The number of alkyl halides is 3. The van der Waals surface area contributed by atoms with E-state index in [1.807, 2.05) is 0 Å². The first-order valence-electron chi connectivity index (χ1n) is 2.13. The maximum atomic E-state index is 10.5. The molecule has 0 fully saturated rings. The van der Waals surface area contributed by atoms with Gasteiger partial charge in [0.1, 0.15) is 0 Å². The molecular formula is C4Cl3NO3. The van der Waals surface area contributed by atoms with Crippen LogP contribution in [0, 0.1) is 0 Å². The van der Waals surface area contributed by atoms with Gasteiger partial charge in [0.2, 0.25) is 6.08 Å². The minimum absolute atomic E-state index is 0.849. The van der Waals surface area contributed by atoms with Gasteiger partial charge in [0.05, 0.1) is 0 Å². The SMILES string of the molecule is O=C=NC(=O)C(=O)C(Cl)(Cl)Cl. The van der Waals surface area contributed by atoms with Gasteiger partial charge in [0.15, 0.2) is 0 Å². The van der Waals surface area contributed by atoms with Gasteiger partial charge in [-0.1, -0.05) is 34.8 Å². The Morgan fingerprint density at radius 3 is 2.00 bits per heavy atom. The minimum atomic E-state index is -2.36. The zero-order valence-electron chi connectivity index (χ0n) is 4.81. The Hall–Kier alpha value is -0.410. The van der Waals surface area contributed by atoms with Gasteiger partial charge in [0, 0.05) is 0 Å². The van der Waals surface area contributed by atoms with Gasteiger partial charge >= 0.3 is 5.91 Å². The summed E-state index contributed by atoms with van der Waals surface area (Å²) in [5, 5.41) is 0. The molecule has 0 N–H and O–H groups in total. The van der Waals surface area contributed by atoms with Crippen molar-refractivity contribution >= 4 is 52.6 Å². The zero-order valence-corrected chi connectivity index (χ0v) is 7.07. The maximum absolute atomic E-state index is 10.5. The number of ketones is 1. The minimum Gasteiger partial charge on any atom is -0.284 e. The molecule has 0 aliphatic rings. The Balaban J connectivity index is 4.52. The second-order valence-electron chi connectivity index (χ2n) is 1.34. The quantitative estimate of drug-likeness (QED) is 0.282. The summed E-state index contributed by atoms with van der Waals surface area (Å²) in [6.45, 7) is 0.